The lowest BCUT2D eigenvalue weighted by Gasteiger charge is -2.14. The summed E-state index contributed by atoms with van der Waals surface area (Å²) < 4.78 is 41.0. The topological polar surface area (TPSA) is 116 Å². The Bertz CT molecular complexity index is 927. The van der Waals surface area contributed by atoms with Gasteiger partial charge in [-0.25, -0.2) is 22.7 Å². The molecule has 7 nitrogen and oxygen atoms in total. The molecule has 0 aliphatic heterocycles. The van der Waals surface area contributed by atoms with E-state index < -0.39 is 39.4 Å². The van der Waals surface area contributed by atoms with Crippen LogP contribution >= 0.6 is 11.6 Å². The van der Waals surface area contributed by atoms with Gasteiger partial charge in [0.2, 0.25) is 10.0 Å². The molecule has 0 radical (unpaired) electrons. The van der Waals surface area contributed by atoms with E-state index in [1.54, 1.807) is 0 Å². The summed E-state index contributed by atoms with van der Waals surface area (Å²) in [5.41, 5.74) is -0.208. The van der Waals surface area contributed by atoms with E-state index in [2.05, 4.69) is 5.32 Å². The second kappa shape index (κ2) is 7.81. The first-order chi connectivity index (χ1) is 12.1. The second-order valence-electron chi connectivity index (χ2n) is 5.20. The van der Waals surface area contributed by atoms with Crippen molar-refractivity contribution in [3.8, 4) is 0 Å². The van der Waals surface area contributed by atoms with E-state index in [0.717, 1.165) is 6.07 Å². The van der Waals surface area contributed by atoms with Crippen molar-refractivity contribution in [2.24, 2.45) is 5.14 Å². The summed E-state index contributed by atoms with van der Waals surface area (Å²) in [6.45, 7) is 1.29. The van der Waals surface area contributed by atoms with E-state index in [1.807, 2.05) is 0 Å². The Kier molecular flexibility index (Phi) is 5.96. The molecular formula is C16H14ClFN2O5S. The molecule has 2 aromatic carbocycles. The lowest BCUT2D eigenvalue weighted by atomic mass is 10.2. The molecule has 0 fully saturated rings. The smallest absolute Gasteiger partial charge is 0.343 e. The molecule has 1 unspecified atom stereocenters. The third-order valence-electron chi connectivity index (χ3n) is 3.27. The van der Waals surface area contributed by atoms with Crippen LogP contribution in [-0.4, -0.2) is 26.4 Å². The maximum atomic E-state index is 13.7. The van der Waals surface area contributed by atoms with E-state index in [0.29, 0.717) is 0 Å². The van der Waals surface area contributed by atoms with Crippen molar-refractivity contribution >= 4 is 39.2 Å². The number of nitrogens with two attached hydrogens (primary N) is 1. The van der Waals surface area contributed by atoms with Gasteiger partial charge in [-0.2, -0.15) is 0 Å². The number of nitrogens with one attached hydrogen (secondary N) is 1. The molecule has 26 heavy (non-hydrogen) atoms. The fourth-order valence-electron chi connectivity index (χ4n) is 1.94. The van der Waals surface area contributed by atoms with Crippen LogP contribution in [0.25, 0.3) is 0 Å². The van der Waals surface area contributed by atoms with Crippen molar-refractivity contribution in [3.05, 3.63) is 58.9 Å². The minimum Gasteiger partial charge on any atom is -0.449 e. The van der Waals surface area contributed by atoms with Crippen molar-refractivity contribution in [2.45, 2.75) is 17.9 Å². The van der Waals surface area contributed by atoms with Gasteiger partial charge in [0.15, 0.2) is 6.10 Å². The number of hydrogen-bond acceptors (Lipinski definition) is 5. The average molecular weight is 401 g/mol. The third-order valence-corrected chi connectivity index (χ3v) is 4.51. The molecule has 0 saturated carbocycles. The van der Waals surface area contributed by atoms with Crippen LogP contribution in [0.3, 0.4) is 0 Å². The first kappa shape index (κ1) is 19.8. The summed E-state index contributed by atoms with van der Waals surface area (Å²) in [5.74, 6) is -2.65. The van der Waals surface area contributed by atoms with E-state index in [-0.39, 0.29) is 15.6 Å². The lowest BCUT2D eigenvalue weighted by Crippen LogP contribution is -2.30. The van der Waals surface area contributed by atoms with Gasteiger partial charge in [-0.1, -0.05) is 17.7 Å². The maximum absolute atomic E-state index is 13.7. The Morgan fingerprint density at radius 1 is 1.19 bits per heavy atom. The van der Waals surface area contributed by atoms with Crippen molar-refractivity contribution < 1.29 is 27.1 Å². The van der Waals surface area contributed by atoms with Crippen molar-refractivity contribution in [1.29, 1.82) is 0 Å². The molecule has 0 heterocycles. The molecule has 138 valence electrons. The summed E-state index contributed by atoms with van der Waals surface area (Å²) in [4.78, 5) is 24.0. The number of benzene rings is 2. The lowest BCUT2D eigenvalue weighted by molar-refractivity contribution is -0.123. The molecule has 2 aromatic rings. The number of primary sulfonamides is 1. The molecule has 0 bridgehead atoms. The van der Waals surface area contributed by atoms with Gasteiger partial charge < -0.3 is 10.1 Å². The standard InChI is InChI=1S/C16H14ClFN2O5S/c1-9(25-16(22)14-12(17)3-2-4-13(14)18)15(21)20-10-5-7-11(8-6-10)26(19,23)24/h2-9H,1H3,(H,20,21)(H2,19,23,24). The van der Waals surface area contributed by atoms with E-state index >= 15 is 0 Å². The van der Waals surface area contributed by atoms with Crippen LogP contribution in [-0.2, 0) is 19.6 Å². The molecule has 1 atom stereocenters. The Morgan fingerprint density at radius 3 is 2.35 bits per heavy atom. The predicted molar refractivity (Wildman–Crippen MR) is 92.7 cm³/mol. The normalized spacial score (nSPS) is 12.3. The zero-order chi connectivity index (χ0) is 19.5. The Balaban J connectivity index is 2.05. The van der Waals surface area contributed by atoms with E-state index in [9.17, 15) is 22.4 Å². The number of rotatable bonds is 5. The summed E-state index contributed by atoms with van der Waals surface area (Å²) >= 11 is 5.77. The van der Waals surface area contributed by atoms with Crippen molar-refractivity contribution in [3.63, 3.8) is 0 Å². The van der Waals surface area contributed by atoms with Crippen LogP contribution in [0.5, 0.6) is 0 Å². The first-order valence-electron chi connectivity index (χ1n) is 7.18. The minimum absolute atomic E-state index is 0.121. The van der Waals surface area contributed by atoms with Gasteiger partial charge in [-0.3, -0.25) is 4.79 Å². The Hall–Kier alpha value is -2.49. The Morgan fingerprint density at radius 2 is 1.81 bits per heavy atom. The highest BCUT2D eigenvalue weighted by Crippen LogP contribution is 2.20. The summed E-state index contributed by atoms with van der Waals surface area (Å²) in [7, 11) is -3.85. The van der Waals surface area contributed by atoms with E-state index in [4.69, 9.17) is 21.5 Å². The summed E-state index contributed by atoms with van der Waals surface area (Å²) in [6.07, 6.45) is -1.25. The van der Waals surface area contributed by atoms with Gasteiger partial charge in [-0.05, 0) is 43.3 Å². The van der Waals surface area contributed by atoms with Crippen LogP contribution in [0.2, 0.25) is 5.02 Å². The number of esters is 1. The first-order valence-corrected chi connectivity index (χ1v) is 9.10. The molecule has 0 aliphatic carbocycles. The molecular weight excluding hydrogens is 387 g/mol. The third kappa shape index (κ3) is 4.78. The SMILES string of the molecule is CC(OC(=O)c1c(F)cccc1Cl)C(=O)Nc1ccc(S(N)(=O)=O)cc1. The van der Waals surface area contributed by atoms with Gasteiger partial charge >= 0.3 is 5.97 Å². The highest BCUT2D eigenvalue weighted by molar-refractivity contribution is 7.89. The quantitative estimate of drug-likeness (QED) is 0.747. The number of ether oxygens (including phenoxy) is 1. The number of hydrogen-bond donors (Lipinski definition) is 2. The molecule has 0 aromatic heterocycles. The summed E-state index contributed by atoms with van der Waals surface area (Å²) in [5, 5.41) is 7.27. The molecule has 2 rings (SSSR count). The van der Waals surface area contributed by atoms with Gasteiger partial charge in [0, 0.05) is 5.69 Å². The highest BCUT2D eigenvalue weighted by atomic mass is 35.5. The minimum atomic E-state index is -3.85. The fourth-order valence-corrected chi connectivity index (χ4v) is 2.69. The van der Waals surface area contributed by atoms with Gasteiger partial charge in [0.25, 0.3) is 5.91 Å². The summed E-state index contributed by atoms with van der Waals surface area (Å²) in [6, 6.07) is 8.75. The van der Waals surface area contributed by atoms with Crippen molar-refractivity contribution in [1.82, 2.24) is 0 Å². The molecule has 10 heteroatoms. The Labute approximate surface area is 154 Å². The van der Waals surface area contributed by atoms with Gasteiger partial charge in [-0.15, -0.1) is 0 Å². The average Bonchev–Trinajstić information content (AvgIpc) is 2.54. The van der Waals surface area contributed by atoms with Gasteiger partial charge in [0.05, 0.1) is 9.92 Å². The van der Waals surface area contributed by atoms with Crippen LogP contribution in [0.4, 0.5) is 10.1 Å². The molecule has 0 aliphatic rings. The molecule has 1 amide bonds. The number of amides is 1. The fraction of sp³-hybridized carbons (Fsp3) is 0.125. The van der Waals surface area contributed by atoms with E-state index in [1.165, 1.54) is 43.3 Å². The zero-order valence-electron chi connectivity index (χ0n) is 13.4. The monoisotopic (exact) mass is 400 g/mol. The number of anilines is 1. The molecule has 0 saturated heterocycles. The van der Waals surface area contributed by atoms with Gasteiger partial charge in [0.1, 0.15) is 11.4 Å². The number of halogens is 2. The zero-order valence-corrected chi connectivity index (χ0v) is 15.0. The predicted octanol–water partition coefficient (Wildman–Crippen LogP) is 2.31. The van der Waals surface area contributed by atoms with Crippen molar-refractivity contribution in [2.75, 3.05) is 5.32 Å². The largest absolute Gasteiger partial charge is 0.449 e. The second-order valence-corrected chi connectivity index (χ2v) is 7.17. The number of carbonyl (C=O) groups excluding carboxylic acids is 2. The molecule has 0 spiro atoms. The van der Waals surface area contributed by atoms with Crippen LogP contribution in [0, 0.1) is 5.82 Å². The van der Waals surface area contributed by atoms with Crippen LogP contribution in [0.15, 0.2) is 47.4 Å². The van der Waals surface area contributed by atoms with Crippen LogP contribution < -0.4 is 10.5 Å². The number of sulfonamides is 1. The van der Waals surface area contributed by atoms with Crippen LogP contribution in [0.1, 0.15) is 17.3 Å². The maximum Gasteiger partial charge on any atom is 0.343 e. The highest BCUT2D eigenvalue weighted by Gasteiger charge is 2.23. The molecule has 3 N–H and O–H groups in total. The number of carbonyl (C=O) groups is 2.